The molecular weight excluding hydrogens is 161 g/mol. The molecule has 0 aromatic heterocycles. The Hall–Kier alpha value is 0.150. The number of hydrogen-bond donors (Lipinski definition) is 0. The van der Waals surface area contributed by atoms with Crippen molar-refractivity contribution >= 4 is 7.52 Å². The molecule has 0 spiro atoms. The molecule has 1 unspecified atom stereocenters. The first-order valence-corrected chi connectivity index (χ1v) is 5.74. The molecule has 3 nitrogen and oxygen atoms in total. The topological polar surface area (TPSA) is 29.5 Å². The Morgan fingerprint density at radius 3 is 2.18 bits per heavy atom. The lowest BCUT2D eigenvalue weighted by molar-refractivity contribution is 0.297. The fourth-order valence-corrected chi connectivity index (χ4v) is 2.59. The van der Waals surface area contributed by atoms with Gasteiger partial charge in [-0.25, -0.2) is 4.67 Å². The van der Waals surface area contributed by atoms with E-state index in [0.717, 1.165) is 6.42 Å². The van der Waals surface area contributed by atoms with Crippen LogP contribution in [0, 0.1) is 0 Å². The molecule has 11 heavy (non-hydrogen) atoms. The average Bonchev–Trinajstić information content (AvgIpc) is 1.88. The third kappa shape index (κ3) is 3.37. The third-order valence-electron chi connectivity index (χ3n) is 1.45. The van der Waals surface area contributed by atoms with E-state index in [9.17, 15) is 4.57 Å². The van der Waals surface area contributed by atoms with Crippen molar-refractivity contribution < 1.29 is 9.09 Å². The highest BCUT2D eigenvalue weighted by atomic mass is 31.2. The van der Waals surface area contributed by atoms with Crippen molar-refractivity contribution in [2.75, 3.05) is 26.9 Å². The van der Waals surface area contributed by atoms with Gasteiger partial charge in [0.15, 0.2) is 0 Å². The maximum Gasteiger partial charge on any atom is 0.271 e. The highest BCUT2D eigenvalue weighted by molar-refractivity contribution is 7.56. The number of hydrogen-bond acceptors (Lipinski definition) is 2. The van der Waals surface area contributed by atoms with Crippen LogP contribution in [-0.4, -0.2) is 31.5 Å². The second kappa shape index (κ2) is 4.91. The van der Waals surface area contributed by atoms with Crippen LogP contribution in [0.5, 0.6) is 0 Å². The van der Waals surface area contributed by atoms with Gasteiger partial charge < -0.3 is 4.52 Å². The molecule has 0 heterocycles. The largest absolute Gasteiger partial charge is 0.318 e. The summed E-state index contributed by atoms with van der Waals surface area (Å²) >= 11 is 0. The molecule has 0 saturated heterocycles. The fourth-order valence-electron chi connectivity index (χ4n) is 0.864. The fraction of sp³-hybridized carbons (Fsp3) is 1.00. The smallest absolute Gasteiger partial charge is 0.271 e. The normalized spacial score (nSPS) is 16.8. The van der Waals surface area contributed by atoms with E-state index >= 15 is 0 Å². The molecule has 0 aromatic rings. The first kappa shape index (κ1) is 11.2. The zero-order valence-corrected chi connectivity index (χ0v) is 8.73. The molecule has 1 atom stereocenters. The van der Waals surface area contributed by atoms with Gasteiger partial charge in [-0.15, -0.1) is 0 Å². The van der Waals surface area contributed by atoms with Crippen molar-refractivity contribution in [2.45, 2.75) is 20.3 Å². The SMILES string of the molecule is CCCP(=O)(OCC)N(C)C. The van der Waals surface area contributed by atoms with E-state index in [1.807, 2.05) is 13.8 Å². The Kier molecular flexibility index (Phi) is 4.98. The van der Waals surface area contributed by atoms with E-state index in [1.54, 1.807) is 18.8 Å². The molecule has 0 amide bonds. The van der Waals surface area contributed by atoms with Crippen LogP contribution >= 0.6 is 7.52 Å². The van der Waals surface area contributed by atoms with Gasteiger partial charge in [-0.2, -0.15) is 0 Å². The molecule has 0 fully saturated rings. The van der Waals surface area contributed by atoms with Gasteiger partial charge in [0, 0.05) is 6.16 Å². The summed E-state index contributed by atoms with van der Waals surface area (Å²) in [6.07, 6.45) is 1.54. The zero-order valence-electron chi connectivity index (χ0n) is 7.83. The Morgan fingerprint density at radius 1 is 1.36 bits per heavy atom. The van der Waals surface area contributed by atoms with E-state index in [0.29, 0.717) is 12.8 Å². The third-order valence-corrected chi connectivity index (χ3v) is 4.34. The van der Waals surface area contributed by atoms with E-state index in [2.05, 4.69) is 0 Å². The summed E-state index contributed by atoms with van der Waals surface area (Å²) in [5.74, 6) is 0. The number of rotatable bonds is 5. The summed E-state index contributed by atoms with van der Waals surface area (Å²) in [5, 5.41) is 0. The molecule has 0 N–H and O–H groups in total. The Bertz CT molecular complexity index is 137. The first-order chi connectivity index (χ1) is 5.06. The monoisotopic (exact) mass is 179 g/mol. The summed E-state index contributed by atoms with van der Waals surface area (Å²) in [7, 11) is 1.14. The van der Waals surface area contributed by atoms with Crippen LogP contribution in [0.1, 0.15) is 20.3 Å². The highest BCUT2D eigenvalue weighted by Crippen LogP contribution is 2.48. The van der Waals surface area contributed by atoms with Gasteiger partial charge in [-0.05, 0) is 27.4 Å². The molecule has 0 rings (SSSR count). The van der Waals surface area contributed by atoms with Gasteiger partial charge in [0.2, 0.25) is 0 Å². The lowest BCUT2D eigenvalue weighted by atomic mass is 10.6. The lowest BCUT2D eigenvalue weighted by Gasteiger charge is -2.23. The minimum absolute atomic E-state index is 0.523. The molecule has 68 valence electrons. The molecule has 4 heteroatoms. The maximum absolute atomic E-state index is 11.8. The predicted molar refractivity (Wildman–Crippen MR) is 48.1 cm³/mol. The molecule has 0 aliphatic carbocycles. The minimum Gasteiger partial charge on any atom is -0.318 e. The summed E-state index contributed by atoms with van der Waals surface area (Å²) in [6.45, 7) is 4.40. The van der Waals surface area contributed by atoms with Crippen molar-refractivity contribution in [3.8, 4) is 0 Å². The molecule has 0 aliphatic heterocycles. The molecule has 0 aromatic carbocycles. The van der Waals surface area contributed by atoms with Crippen LogP contribution in [0.15, 0.2) is 0 Å². The molecule has 0 aliphatic rings. The van der Waals surface area contributed by atoms with Crippen LogP contribution in [0.2, 0.25) is 0 Å². The van der Waals surface area contributed by atoms with E-state index in [4.69, 9.17) is 4.52 Å². The van der Waals surface area contributed by atoms with Gasteiger partial charge in [-0.3, -0.25) is 4.57 Å². The van der Waals surface area contributed by atoms with E-state index < -0.39 is 7.52 Å². The summed E-state index contributed by atoms with van der Waals surface area (Å²) in [6, 6.07) is 0. The Morgan fingerprint density at radius 2 is 1.91 bits per heavy atom. The van der Waals surface area contributed by atoms with Gasteiger partial charge >= 0.3 is 0 Å². The lowest BCUT2D eigenvalue weighted by Crippen LogP contribution is -2.13. The first-order valence-electron chi connectivity index (χ1n) is 3.98. The van der Waals surface area contributed by atoms with Crippen LogP contribution < -0.4 is 0 Å². The zero-order chi connectivity index (χ0) is 8.91. The van der Waals surface area contributed by atoms with Gasteiger partial charge in [0.1, 0.15) is 0 Å². The number of nitrogens with zero attached hydrogens (tertiary/aromatic N) is 1. The molecule has 0 saturated carbocycles. The van der Waals surface area contributed by atoms with Crippen molar-refractivity contribution in [1.29, 1.82) is 0 Å². The van der Waals surface area contributed by atoms with Crippen molar-refractivity contribution in [2.24, 2.45) is 0 Å². The van der Waals surface area contributed by atoms with Crippen molar-refractivity contribution in [1.82, 2.24) is 4.67 Å². The predicted octanol–water partition coefficient (Wildman–Crippen LogP) is 2.19. The van der Waals surface area contributed by atoms with Gasteiger partial charge in [0.05, 0.1) is 6.61 Å². The second-order valence-corrected chi connectivity index (χ2v) is 5.41. The standard InChI is InChI=1S/C7H18NO2P/c1-5-7-11(9,8(3)4)10-6-2/h5-7H2,1-4H3. The minimum atomic E-state index is -2.46. The Balaban J connectivity index is 4.14. The van der Waals surface area contributed by atoms with E-state index in [1.165, 1.54) is 0 Å². The van der Waals surface area contributed by atoms with Crippen molar-refractivity contribution in [3.63, 3.8) is 0 Å². The van der Waals surface area contributed by atoms with Crippen LogP contribution in [0.4, 0.5) is 0 Å². The average molecular weight is 179 g/mol. The summed E-state index contributed by atoms with van der Waals surface area (Å²) in [5.41, 5.74) is 0. The Labute approximate surface area is 69.2 Å². The van der Waals surface area contributed by atoms with E-state index in [-0.39, 0.29) is 0 Å². The van der Waals surface area contributed by atoms with Crippen LogP contribution in [0.25, 0.3) is 0 Å². The van der Waals surface area contributed by atoms with Crippen LogP contribution in [-0.2, 0) is 9.09 Å². The summed E-state index contributed by atoms with van der Waals surface area (Å²) < 4.78 is 18.7. The second-order valence-electron chi connectivity index (χ2n) is 2.63. The maximum atomic E-state index is 11.8. The van der Waals surface area contributed by atoms with Gasteiger partial charge in [0.25, 0.3) is 7.52 Å². The molecular formula is C7H18NO2P. The van der Waals surface area contributed by atoms with Crippen LogP contribution in [0.3, 0.4) is 0 Å². The summed E-state index contributed by atoms with van der Waals surface area (Å²) in [4.78, 5) is 0. The quantitative estimate of drug-likeness (QED) is 0.606. The molecule has 0 bridgehead atoms. The van der Waals surface area contributed by atoms with Crippen molar-refractivity contribution in [3.05, 3.63) is 0 Å². The molecule has 0 radical (unpaired) electrons. The van der Waals surface area contributed by atoms with Gasteiger partial charge in [-0.1, -0.05) is 6.92 Å². The highest BCUT2D eigenvalue weighted by Gasteiger charge is 2.23.